The lowest BCUT2D eigenvalue weighted by Gasteiger charge is -2.12. The maximum atomic E-state index is 12.5. The average Bonchev–Trinajstić information content (AvgIpc) is 2.70. The van der Waals surface area contributed by atoms with Crippen LogP contribution in [-0.2, 0) is 16.6 Å². The Labute approximate surface area is 132 Å². The molecule has 9 heteroatoms. The van der Waals surface area contributed by atoms with Gasteiger partial charge in [-0.2, -0.15) is 18.3 Å². The van der Waals surface area contributed by atoms with E-state index in [1.807, 2.05) is 6.92 Å². The number of nitrogens with one attached hydrogen (secondary N) is 1. The van der Waals surface area contributed by atoms with Crippen LogP contribution in [0.1, 0.15) is 16.7 Å². The van der Waals surface area contributed by atoms with Crippen molar-refractivity contribution in [2.75, 3.05) is 4.72 Å². The van der Waals surface area contributed by atoms with Gasteiger partial charge in [0, 0.05) is 6.20 Å². The van der Waals surface area contributed by atoms with E-state index in [0.717, 1.165) is 18.0 Å². The monoisotopic (exact) mass is 347 g/mol. The van der Waals surface area contributed by atoms with E-state index in [4.69, 9.17) is 0 Å². The Bertz CT molecular complexity index is 803. The van der Waals surface area contributed by atoms with Gasteiger partial charge >= 0.3 is 6.18 Å². The summed E-state index contributed by atoms with van der Waals surface area (Å²) in [6, 6.07) is 3.46. The minimum atomic E-state index is -4.42. The molecule has 0 aliphatic rings. The number of benzene rings is 1. The average molecular weight is 347 g/mol. The largest absolute Gasteiger partial charge is 0.408 e. The van der Waals surface area contributed by atoms with Crippen molar-refractivity contribution in [3.8, 4) is 0 Å². The van der Waals surface area contributed by atoms with E-state index in [1.54, 1.807) is 26.0 Å². The van der Waals surface area contributed by atoms with Crippen molar-refractivity contribution in [1.29, 1.82) is 0 Å². The molecule has 2 rings (SSSR count). The summed E-state index contributed by atoms with van der Waals surface area (Å²) in [5, 5.41) is 3.51. The molecule has 0 saturated carbocycles. The van der Waals surface area contributed by atoms with E-state index in [2.05, 4.69) is 9.82 Å². The third kappa shape index (κ3) is 4.25. The van der Waals surface area contributed by atoms with Crippen molar-refractivity contribution in [3.05, 3.63) is 41.2 Å². The summed E-state index contributed by atoms with van der Waals surface area (Å²) in [5.41, 5.74) is 2.04. The van der Waals surface area contributed by atoms with Gasteiger partial charge in [-0.3, -0.25) is 9.40 Å². The second-order valence-electron chi connectivity index (χ2n) is 5.38. The third-order valence-electron chi connectivity index (χ3n) is 3.10. The summed E-state index contributed by atoms with van der Waals surface area (Å²) in [5.74, 6) is 0. The zero-order chi connectivity index (χ0) is 17.4. The Balaban J connectivity index is 2.29. The first-order valence-electron chi connectivity index (χ1n) is 6.68. The minimum absolute atomic E-state index is 0.0198. The lowest BCUT2D eigenvalue weighted by Crippen LogP contribution is -2.18. The Hall–Kier alpha value is -2.03. The van der Waals surface area contributed by atoms with E-state index in [-0.39, 0.29) is 10.6 Å². The maximum Gasteiger partial charge on any atom is 0.408 e. The van der Waals surface area contributed by atoms with Crippen LogP contribution in [0.2, 0.25) is 0 Å². The molecule has 126 valence electrons. The van der Waals surface area contributed by atoms with Gasteiger partial charge in [-0.25, -0.2) is 8.42 Å². The van der Waals surface area contributed by atoms with Gasteiger partial charge in [-0.05, 0) is 31.9 Å². The van der Waals surface area contributed by atoms with Crippen LogP contribution in [0.15, 0.2) is 29.4 Å². The zero-order valence-electron chi connectivity index (χ0n) is 12.8. The number of hydrogen-bond donors (Lipinski definition) is 1. The zero-order valence-corrected chi connectivity index (χ0v) is 13.6. The van der Waals surface area contributed by atoms with Gasteiger partial charge in [0.25, 0.3) is 10.0 Å². The standard InChI is InChI=1S/C14H16F3N3O2S/c1-9-4-10(2)13(11(3)5-9)23(21,22)19-12-6-18-20(7-12)8-14(15,16)17/h4-7,19H,8H2,1-3H3. The maximum absolute atomic E-state index is 12.5. The smallest absolute Gasteiger partial charge is 0.276 e. The highest BCUT2D eigenvalue weighted by Gasteiger charge is 2.28. The van der Waals surface area contributed by atoms with Crippen LogP contribution in [0.3, 0.4) is 0 Å². The van der Waals surface area contributed by atoms with Crippen LogP contribution in [0.25, 0.3) is 0 Å². The summed E-state index contributed by atoms with van der Waals surface area (Å²) in [4.78, 5) is 0.117. The summed E-state index contributed by atoms with van der Waals surface area (Å²) < 4.78 is 64.7. The van der Waals surface area contributed by atoms with Gasteiger partial charge in [0.2, 0.25) is 0 Å². The minimum Gasteiger partial charge on any atom is -0.276 e. The normalized spacial score (nSPS) is 12.4. The molecule has 1 N–H and O–H groups in total. The van der Waals surface area contributed by atoms with Crippen molar-refractivity contribution in [2.24, 2.45) is 0 Å². The number of rotatable bonds is 4. The molecular weight excluding hydrogens is 331 g/mol. The van der Waals surface area contributed by atoms with Gasteiger partial charge in [0.15, 0.2) is 0 Å². The SMILES string of the molecule is Cc1cc(C)c(S(=O)(=O)Nc2cnn(CC(F)(F)F)c2)c(C)c1. The molecule has 0 saturated heterocycles. The van der Waals surface area contributed by atoms with Crippen molar-refractivity contribution in [3.63, 3.8) is 0 Å². The molecule has 1 aromatic carbocycles. The number of anilines is 1. The van der Waals surface area contributed by atoms with E-state index >= 15 is 0 Å². The number of nitrogens with zero attached hydrogens (tertiary/aromatic N) is 2. The van der Waals surface area contributed by atoms with E-state index < -0.39 is 22.7 Å². The number of aromatic nitrogens is 2. The predicted molar refractivity (Wildman–Crippen MR) is 79.7 cm³/mol. The highest BCUT2D eigenvalue weighted by Crippen LogP contribution is 2.24. The van der Waals surface area contributed by atoms with Crippen molar-refractivity contribution < 1.29 is 21.6 Å². The first-order valence-corrected chi connectivity index (χ1v) is 8.16. The summed E-state index contributed by atoms with van der Waals surface area (Å²) >= 11 is 0. The molecule has 0 amide bonds. The number of alkyl halides is 3. The highest BCUT2D eigenvalue weighted by molar-refractivity contribution is 7.92. The number of halogens is 3. The molecule has 23 heavy (non-hydrogen) atoms. The summed E-state index contributed by atoms with van der Waals surface area (Å²) in [7, 11) is -3.91. The molecule has 0 atom stereocenters. The van der Waals surface area contributed by atoms with Gasteiger partial charge in [0.1, 0.15) is 6.54 Å². The van der Waals surface area contributed by atoms with Crippen molar-refractivity contribution in [1.82, 2.24) is 9.78 Å². The second kappa shape index (κ2) is 5.88. The van der Waals surface area contributed by atoms with Crippen molar-refractivity contribution >= 4 is 15.7 Å². The highest BCUT2D eigenvalue weighted by atomic mass is 32.2. The molecule has 0 aliphatic carbocycles. The fraction of sp³-hybridized carbons (Fsp3) is 0.357. The van der Waals surface area contributed by atoms with Crippen LogP contribution in [0.4, 0.5) is 18.9 Å². The number of sulfonamides is 1. The van der Waals surface area contributed by atoms with Crippen LogP contribution < -0.4 is 4.72 Å². The molecule has 2 aromatic rings. The molecule has 0 radical (unpaired) electrons. The van der Waals surface area contributed by atoms with Crippen LogP contribution in [0, 0.1) is 20.8 Å². The van der Waals surface area contributed by atoms with Crippen LogP contribution in [-0.4, -0.2) is 24.4 Å². The first-order chi connectivity index (χ1) is 10.5. The summed E-state index contributed by atoms with van der Waals surface area (Å²) in [6.45, 7) is 3.91. The number of aryl methyl sites for hydroxylation is 3. The van der Waals surface area contributed by atoms with Gasteiger partial charge in [-0.15, -0.1) is 0 Å². The Morgan fingerprint density at radius 2 is 1.74 bits per heavy atom. The topological polar surface area (TPSA) is 64.0 Å². The second-order valence-corrected chi connectivity index (χ2v) is 6.99. The van der Waals surface area contributed by atoms with Gasteiger partial charge in [0.05, 0.1) is 16.8 Å². The molecular formula is C14H16F3N3O2S. The molecule has 1 heterocycles. The lowest BCUT2D eigenvalue weighted by atomic mass is 10.1. The molecule has 0 fully saturated rings. The predicted octanol–water partition coefficient (Wildman–Crippen LogP) is 3.17. The van der Waals surface area contributed by atoms with Gasteiger partial charge < -0.3 is 0 Å². The fourth-order valence-electron chi connectivity index (χ4n) is 2.48. The van der Waals surface area contributed by atoms with Gasteiger partial charge in [-0.1, -0.05) is 17.7 Å². The van der Waals surface area contributed by atoms with Crippen LogP contribution >= 0.6 is 0 Å². The Morgan fingerprint density at radius 3 is 2.26 bits per heavy atom. The third-order valence-corrected chi connectivity index (χ3v) is 4.79. The number of hydrogen-bond acceptors (Lipinski definition) is 3. The molecule has 1 aromatic heterocycles. The van der Waals surface area contributed by atoms with E-state index in [0.29, 0.717) is 15.8 Å². The van der Waals surface area contributed by atoms with E-state index in [1.165, 1.54) is 0 Å². The fourth-order valence-corrected chi connectivity index (χ4v) is 3.97. The van der Waals surface area contributed by atoms with E-state index in [9.17, 15) is 21.6 Å². The Kier molecular flexibility index (Phi) is 4.43. The quantitative estimate of drug-likeness (QED) is 0.924. The molecule has 0 spiro atoms. The summed E-state index contributed by atoms with van der Waals surface area (Å²) in [6.07, 6.45) is -2.38. The first kappa shape index (κ1) is 17.3. The molecule has 0 unspecified atom stereocenters. The lowest BCUT2D eigenvalue weighted by molar-refractivity contribution is -0.142. The van der Waals surface area contributed by atoms with Crippen LogP contribution in [0.5, 0.6) is 0 Å². The molecule has 0 bridgehead atoms. The molecule has 0 aliphatic heterocycles. The Morgan fingerprint density at radius 1 is 1.17 bits per heavy atom. The molecule has 5 nitrogen and oxygen atoms in total. The van der Waals surface area contributed by atoms with Crippen molar-refractivity contribution in [2.45, 2.75) is 38.4 Å².